The third kappa shape index (κ3) is 4.48. The number of anilines is 1. The lowest BCUT2D eigenvalue weighted by Crippen LogP contribution is -2.14. The molecule has 0 aliphatic carbocycles. The number of nitriles is 1. The highest BCUT2D eigenvalue weighted by Gasteiger charge is 2.30. The normalized spacial score (nSPS) is 11.7. The molecule has 140 valence electrons. The van der Waals surface area contributed by atoms with E-state index in [9.17, 15) is 23.2 Å². The highest BCUT2D eigenvalue weighted by atomic mass is 19.4. The number of halogens is 3. The number of carbonyl (C=O) groups is 1. The first-order valence-corrected chi connectivity index (χ1v) is 8.12. The zero-order valence-corrected chi connectivity index (χ0v) is 14.3. The van der Waals surface area contributed by atoms with Crippen LogP contribution in [0.4, 0.5) is 18.9 Å². The molecule has 4 nitrogen and oxygen atoms in total. The van der Waals surface area contributed by atoms with E-state index in [-0.39, 0.29) is 17.0 Å². The van der Waals surface area contributed by atoms with E-state index < -0.39 is 17.6 Å². The first-order valence-electron chi connectivity index (χ1n) is 8.12. The van der Waals surface area contributed by atoms with Crippen molar-refractivity contribution in [3.8, 4) is 17.4 Å². The average Bonchev–Trinajstić information content (AvgIpc) is 3.15. The Balaban J connectivity index is 1.79. The fourth-order valence-corrected chi connectivity index (χ4v) is 2.45. The monoisotopic (exact) mass is 382 g/mol. The second-order valence-corrected chi connectivity index (χ2v) is 5.77. The number of hydrogen-bond donors (Lipinski definition) is 1. The Labute approximate surface area is 158 Å². The van der Waals surface area contributed by atoms with Crippen molar-refractivity contribution in [2.75, 3.05) is 5.32 Å². The van der Waals surface area contributed by atoms with Gasteiger partial charge in [-0.15, -0.1) is 0 Å². The van der Waals surface area contributed by atoms with Crippen LogP contribution in [-0.2, 0) is 11.0 Å². The molecule has 0 saturated carbocycles. The van der Waals surface area contributed by atoms with Crippen molar-refractivity contribution < 1.29 is 22.4 Å². The molecule has 0 aliphatic rings. The van der Waals surface area contributed by atoms with Crippen LogP contribution in [0.5, 0.6) is 0 Å². The van der Waals surface area contributed by atoms with Gasteiger partial charge in [0, 0.05) is 17.3 Å². The fraction of sp³-hybridized carbons (Fsp3) is 0.0476. The molecule has 3 aromatic rings. The Morgan fingerprint density at radius 3 is 2.46 bits per heavy atom. The molecule has 0 fully saturated rings. The van der Waals surface area contributed by atoms with Crippen molar-refractivity contribution >= 4 is 17.7 Å². The van der Waals surface area contributed by atoms with E-state index in [4.69, 9.17) is 4.42 Å². The van der Waals surface area contributed by atoms with Gasteiger partial charge in [0.2, 0.25) is 0 Å². The van der Waals surface area contributed by atoms with Crippen molar-refractivity contribution in [3.05, 3.63) is 83.6 Å². The van der Waals surface area contributed by atoms with Gasteiger partial charge in [0.15, 0.2) is 0 Å². The van der Waals surface area contributed by atoms with E-state index in [0.29, 0.717) is 5.76 Å². The molecule has 0 atom stereocenters. The molecule has 0 spiro atoms. The molecule has 3 rings (SSSR count). The van der Waals surface area contributed by atoms with Gasteiger partial charge in [-0.05, 0) is 30.3 Å². The molecule has 28 heavy (non-hydrogen) atoms. The van der Waals surface area contributed by atoms with E-state index in [1.807, 2.05) is 30.3 Å². The van der Waals surface area contributed by atoms with Crippen molar-refractivity contribution in [2.24, 2.45) is 0 Å². The minimum Gasteiger partial charge on any atom is -0.457 e. The predicted molar refractivity (Wildman–Crippen MR) is 97.8 cm³/mol. The summed E-state index contributed by atoms with van der Waals surface area (Å²) in [6.07, 6.45) is -3.30. The largest absolute Gasteiger partial charge is 0.457 e. The third-order valence-electron chi connectivity index (χ3n) is 3.78. The number of nitrogens with one attached hydrogen (secondary N) is 1. The average molecular weight is 382 g/mol. The van der Waals surface area contributed by atoms with E-state index in [1.165, 1.54) is 18.2 Å². The predicted octanol–water partition coefficient (Wildman–Crippen LogP) is 5.51. The van der Waals surface area contributed by atoms with Crippen molar-refractivity contribution in [1.82, 2.24) is 0 Å². The molecular formula is C21H13F3N2O2. The molecule has 1 amide bonds. The molecular weight excluding hydrogens is 369 g/mol. The van der Waals surface area contributed by atoms with Gasteiger partial charge in [0.25, 0.3) is 5.91 Å². The Bertz CT molecular complexity index is 1060. The second-order valence-electron chi connectivity index (χ2n) is 5.77. The van der Waals surface area contributed by atoms with Crippen LogP contribution in [0.1, 0.15) is 11.3 Å². The number of carbonyl (C=O) groups excluding carboxylic acids is 1. The summed E-state index contributed by atoms with van der Waals surface area (Å²) in [4.78, 5) is 12.3. The minimum absolute atomic E-state index is 0.0644. The van der Waals surface area contributed by atoms with E-state index in [0.717, 1.165) is 17.7 Å². The Morgan fingerprint density at radius 1 is 1.04 bits per heavy atom. The van der Waals surface area contributed by atoms with Crippen LogP contribution in [0.3, 0.4) is 0 Å². The summed E-state index contributed by atoms with van der Waals surface area (Å²) in [5, 5.41) is 11.5. The van der Waals surface area contributed by atoms with Crippen molar-refractivity contribution in [2.45, 2.75) is 6.18 Å². The summed E-state index contributed by atoms with van der Waals surface area (Å²) in [5.41, 5.74) is -0.433. The SMILES string of the molecule is N#CC(=Cc1ccc(-c2ccccc2)o1)C(=O)Nc1cccc(C(F)(F)F)c1. The van der Waals surface area contributed by atoms with E-state index >= 15 is 0 Å². The van der Waals surface area contributed by atoms with Gasteiger partial charge >= 0.3 is 6.18 Å². The lowest BCUT2D eigenvalue weighted by Gasteiger charge is -2.09. The minimum atomic E-state index is -4.53. The smallest absolute Gasteiger partial charge is 0.416 e. The molecule has 2 aromatic carbocycles. The highest BCUT2D eigenvalue weighted by Crippen LogP contribution is 2.30. The topological polar surface area (TPSA) is 66.0 Å². The van der Waals surface area contributed by atoms with Crippen molar-refractivity contribution in [3.63, 3.8) is 0 Å². The fourth-order valence-electron chi connectivity index (χ4n) is 2.45. The lowest BCUT2D eigenvalue weighted by molar-refractivity contribution is -0.137. The summed E-state index contributed by atoms with van der Waals surface area (Å²) in [6.45, 7) is 0. The van der Waals surface area contributed by atoms with Gasteiger partial charge in [-0.3, -0.25) is 4.79 Å². The number of amides is 1. The van der Waals surface area contributed by atoms with Crippen LogP contribution in [0, 0.1) is 11.3 Å². The van der Waals surface area contributed by atoms with Crippen LogP contribution in [0.2, 0.25) is 0 Å². The summed E-state index contributed by atoms with van der Waals surface area (Å²) in [7, 11) is 0. The molecule has 1 N–H and O–H groups in total. The van der Waals surface area contributed by atoms with E-state index in [2.05, 4.69) is 5.32 Å². The third-order valence-corrected chi connectivity index (χ3v) is 3.78. The van der Waals surface area contributed by atoms with Crippen molar-refractivity contribution in [1.29, 1.82) is 5.26 Å². The maximum Gasteiger partial charge on any atom is 0.416 e. The molecule has 0 unspecified atom stereocenters. The number of rotatable bonds is 4. The van der Waals surface area contributed by atoms with Gasteiger partial charge in [0.05, 0.1) is 5.56 Å². The molecule has 7 heteroatoms. The number of hydrogen-bond acceptors (Lipinski definition) is 3. The van der Waals surface area contributed by atoms with Crippen LogP contribution < -0.4 is 5.32 Å². The summed E-state index contributed by atoms with van der Waals surface area (Å²) in [5.74, 6) is -0.00323. The summed E-state index contributed by atoms with van der Waals surface area (Å²) >= 11 is 0. The van der Waals surface area contributed by atoms with Gasteiger partial charge in [-0.25, -0.2) is 0 Å². The molecule has 0 radical (unpaired) electrons. The summed E-state index contributed by atoms with van der Waals surface area (Å²) in [6, 6.07) is 18.4. The first-order chi connectivity index (χ1) is 13.4. The highest BCUT2D eigenvalue weighted by molar-refractivity contribution is 6.09. The first kappa shape index (κ1) is 19.0. The quantitative estimate of drug-likeness (QED) is 0.478. The number of alkyl halides is 3. The summed E-state index contributed by atoms with van der Waals surface area (Å²) < 4.78 is 43.9. The standard InChI is InChI=1S/C21H13F3N2O2/c22-21(23,24)16-7-4-8-17(12-16)26-20(27)15(13-25)11-18-9-10-19(28-18)14-5-2-1-3-6-14/h1-12H,(H,26,27). The van der Waals surface area contributed by atoms with E-state index in [1.54, 1.807) is 18.2 Å². The van der Waals surface area contributed by atoms with Crippen LogP contribution >= 0.6 is 0 Å². The van der Waals surface area contributed by atoms with Crippen LogP contribution in [-0.4, -0.2) is 5.91 Å². The Kier molecular flexibility index (Phi) is 5.32. The lowest BCUT2D eigenvalue weighted by atomic mass is 10.1. The molecule has 0 saturated heterocycles. The number of nitrogens with zero attached hydrogens (tertiary/aromatic N) is 1. The zero-order chi connectivity index (χ0) is 20.1. The van der Waals surface area contributed by atoms with Gasteiger partial charge in [-0.2, -0.15) is 18.4 Å². The maximum atomic E-state index is 12.8. The Morgan fingerprint density at radius 2 is 1.79 bits per heavy atom. The molecule has 0 aliphatic heterocycles. The second kappa shape index (κ2) is 7.84. The van der Waals surface area contributed by atoms with Gasteiger partial charge < -0.3 is 9.73 Å². The zero-order valence-electron chi connectivity index (χ0n) is 14.3. The van der Waals surface area contributed by atoms with Gasteiger partial charge in [0.1, 0.15) is 23.2 Å². The van der Waals surface area contributed by atoms with Crippen LogP contribution in [0.25, 0.3) is 17.4 Å². The number of furan rings is 1. The molecule has 1 heterocycles. The number of benzene rings is 2. The molecule has 1 aromatic heterocycles. The molecule has 0 bridgehead atoms. The van der Waals surface area contributed by atoms with Gasteiger partial charge in [-0.1, -0.05) is 36.4 Å². The maximum absolute atomic E-state index is 12.8. The Hall–Kier alpha value is -3.79. The van der Waals surface area contributed by atoms with Crippen LogP contribution in [0.15, 0.2) is 76.7 Å².